The molecule has 0 saturated carbocycles. The molecule has 3 N–H and O–H groups in total. The zero-order valence-electron chi connectivity index (χ0n) is 17.8. The van der Waals surface area contributed by atoms with Crippen LogP contribution in [0.3, 0.4) is 0 Å². The Kier molecular flexibility index (Phi) is 7.75. The van der Waals surface area contributed by atoms with Crippen molar-refractivity contribution in [2.75, 3.05) is 26.0 Å². The van der Waals surface area contributed by atoms with Crippen LogP contribution in [0, 0.1) is 0 Å². The lowest BCUT2D eigenvalue weighted by Crippen LogP contribution is -2.10. The molecule has 2 aromatic heterocycles. The summed E-state index contributed by atoms with van der Waals surface area (Å²) in [6.07, 6.45) is 2.70. The quantitative estimate of drug-likeness (QED) is 0.218. The van der Waals surface area contributed by atoms with E-state index < -0.39 is 0 Å². The van der Waals surface area contributed by atoms with Gasteiger partial charge in [-0.25, -0.2) is 9.97 Å². The number of nitrogens with one attached hydrogen (secondary N) is 1. The first-order chi connectivity index (χ1) is 15.6. The molecule has 4 rings (SSSR count). The topological polar surface area (TPSA) is 78.0 Å². The summed E-state index contributed by atoms with van der Waals surface area (Å²) in [6.45, 7) is 2.29. The number of nitrogens with two attached hydrogens (primary N) is 1. The number of ether oxygens (including phenoxy) is 1. The van der Waals surface area contributed by atoms with E-state index in [4.69, 9.17) is 38.7 Å². The molecule has 4 aromatic rings. The molecule has 0 atom stereocenters. The number of halogens is 2. The molecule has 0 bridgehead atoms. The maximum absolute atomic E-state index is 6.25. The number of pyridine rings is 1. The van der Waals surface area contributed by atoms with Crippen LogP contribution in [-0.4, -0.2) is 34.8 Å². The number of aromatic nitrogens is 3. The van der Waals surface area contributed by atoms with Crippen molar-refractivity contribution in [3.63, 3.8) is 0 Å². The van der Waals surface area contributed by atoms with Crippen molar-refractivity contribution in [3.05, 3.63) is 58.3 Å². The highest BCUT2D eigenvalue weighted by Crippen LogP contribution is 2.32. The van der Waals surface area contributed by atoms with Crippen LogP contribution in [0.1, 0.15) is 18.7 Å². The Morgan fingerprint density at radius 2 is 1.94 bits per heavy atom. The maximum atomic E-state index is 6.25. The molecule has 0 aliphatic rings. The Morgan fingerprint density at radius 1 is 1.09 bits per heavy atom. The fourth-order valence-electron chi connectivity index (χ4n) is 3.69. The number of benzene rings is 2. The largest absolute Gasteiger partial charge is 0.384 e. The first-order valence-electron chi connectivity index (χ1n) is 10.5. The average Bonchev–Trinajstić information content (AvgIpc) is 3.16. The first kappa shape index (κ1) is 23.1. The van der Waals surface area contributed by atoms with Gasteiger partial charge in [0.25, 0.3) is 0 Å². The van der Waals surface area contributed by atoms with Gasteiger partial charge in [0, 0.05) is 36.9 Å². The highest BCUT2D eigenvalue weighted by Gasteiger charge is 2.17. The van der Waals surface area contributed by atoms with E-state index in [0.717, 1.165) is 65.0 Å². The Balaban J connectivity index is 1.47. The summed E-state index contributed by atoms with van der Waals surface area (Å²) in [6, 6.07) is 13.7. The Hall–Kier alpha value is -2.03. The first-order valence-corrected chi connectivity index (χ1v) is 12.0. The molecule has 0 aliphatic carbocycles. The number of rotatable bonds is 10. The average molecular weight is 490 g/mol. The molecule has 6 nitrogen and oxygen atoms in total. The molecule has 168 valence electrons. The van der Waals surface area contributed by atoms with Crippen LogP contribution in [0.25, 0.3) is 21.9 Å². The monoisotopic (exact) mass is 489 g/mol. The Bertz CT molecular complexity index is 1230. The van der Waals surface area contributed by atoms with Gasteiger partial charge in [0.15, 0.2) is 5.82 Å². The van der Waals surface area contributed by atoms with Crippen molar-refractivity contribution in [2.45, 2.75) is 30.7 Å². The fourth-order valence-corrected chi connectivity index (χ4v) is 4.91. The van der Waals surface area contributed by atoms with Crippen molar-refractivity contribution >= 4 is 62.9 Å². The van der Waals surface area contributed by atoms with E-state index in [0.29, 0.717) is 22.5 Å². The summed E-state index contributed by atoms with van der Waals surface area (Å²) in [5, 5.41) is 2.21. The summed E-state index contributed by atoms with van der Waals surface area (Å²) in [5.41, 5.74) is 8.95. The summed E-state index contributed by atoms with van der Waals surface area (Å²) in [4.78, 5) is 10.3. The minimum absolute atomic E-state index is 0.465. The standard InChI is InChI=1S/C23H25Cl2N5OS/c1-31-14-11-19-29-21-22(15-7-2-3-9-17(15)28-23(21)26)30(19)13-5-4-12-27-32-18-10-6-8-16(24)20(18)25/h2-3,6-10,27H,4-5,11-14H2,1H3,(H2,26,28). The third-order valence-electron chi connectivity index (χ3n) is 5.23. The lowest BCUT2D eigenvalue weighted by Gasteiger charge is -2.11. The van der Waals surface area contributed by atoms with Gasteiger partial charge in [-0.15, -0.1) is 0 Å². The number of para-hydroxylation sites is 1. The Morgan fingerprint density at radius 3 is 2.78 bits per heavy atom. The zero-order chi connectivity index (χ0) is 22.5. The van der Waals surface area contributed by atoms with Crippen molar-refractivity contribution in [3.8, 4) is 0 Å². The van der Waals surface area contributed by atoms with Crippen molar-refractivity contribution in [2.24, 2.45) is 0 Å². The number of hydrogen-bond donors (Lipinski definition) is 2. The molecule has 32 heavy (non-hydrogen) atoms. The molecule has 9 heteroatoms. The fraction of sp³-hybridized carbons (Fsp3) is 0.304. The van der Waals surface area contributed by atoms with Crippen LogP contribution in [0.5, 0.6) is 0 Å². The van der Waals surface area contributed by atoms with Gasteiger partial charge in [0.05, 0.1) is 27.7 Å². The van der Waals surface area contributed by atoms with E-state index in [1.807, 2.05) is 30.3 Å². The molecule has 0 radical (unpaired) electrons. The molecule has 0 saturated heterocycles. The second-order valence-electron chi connectivity index (χ2n) is 7.39. The third kappa shape index (κ3) is 4.97. The van der Waals surface area contributed by atoms with E-state index in [9.17, 15) is 0 Å². The van der Waals surface area contributed by atoms with E-state index in [1.54, 1.807) is 13.2 Å². The number of nitrogens with zero attached hydrogens (tertiary/aromatic N) is 3. The summed E-state index contributed by atoms with van der Waals surface area (Å²) in [5.74, 6) is 1.44. The van der Waals surface area contributed by atoms with Crippen molar-refractivity contribution < 1.29 is 4.74 Å². The van der Waals surface area contributed by atoms with Gasteiger partial charge in [-0.2, -0.15) is 0 Å². The molecule has 2 aromatic carbocycles. The normalized spacial score (nSPS) is 11.6. The predicted molar refractivity (Wildman–Crippen MR) is 135 cm³/mol. The minimum atomic E-state index is 0.465. The van der Waals surface area contributed by atoms with Crippen LogP contribution < -0.4 is 10.5 Å². The number of anilines is 1. The molecule has 0 fully saturated rings. The summed E-state index contributed by atoms with van der Waals surface area (Å²) in [7, 11) is 1.70. The SMILES string of the molecule is COCCc1nc2c(N)nc3ccccc3c2n1CCCCNSc1cccc(Cl)c1Cl. The highest BCUT2D eigenvalue weighted by molar-refractivity contribution is 7.97. The second-order valence-corrected chi connectivity index (χ2v) is 9.11. The lowest BCUT2D eigenvalue weighted by atomic mass is 10.2. The number of aryl methyl sites for hydroxylation is 1. The summed E-state index contributed by atoms with van der Waals surface area (Å²) < 4.78 is 10.9. The predicted octanol–water partition coefficient (Wildman–Crippen LogP) is 5.74. The third-order valence-corrected chi connectivity index (χ3v) is 7.07. The van der Waals surface area contributed by atoms with Crippen molar-refractivity contribution in [1.29, 1.82) is 0 Å². The zero-order valence-corrected chi connectivity index (χ0v) is 20.1. The van der Waals surface area contributed by atoms with Crippen LogP contribution in [-0.2, 0) is 17.7 Å². The molecule has 0 amide bonds. The van der Waals surface area contributed by atoms with Gasteiger partial charge in [0.1, 0.15) is 11.3 Å². The number of fused-ring (bicyclic) bond motifs is 3. The van der Waals surface area contributed by atoms with Crippen LogP contribution >= 0.6 is 35.1 Å². The molecular formula is C23H25Cl2N5OS. The molecule has 0 unspecified atom stereocenters. The number of methoxy groups -OCH3 is 1. The molecular weight excluding hydrogens is 465 g/mol. The Labute approximate surface area is 201 Å². The van der Waals surface area contributed by atoms with E-state index in [1.165, 1.54) is 11.9 Å². The number of imidazole rings is 1. The molecule has 2 heterocycles. The van der Waals surface area contributed by atoms with Gasteiger partial charge in [-0.3, -0.25) is 4.72 Å². The maximum Gasteiger partial charge on any atom is 0.152 e. The lowest BCUT2D eigenvalue weighted by molar-refractivity contribution is 0.199. The number of unbranched alkanes of at least 4 members (excludes halogenated alkanes) is 1. The van der Waals surface area contributed by atoms with Crippen LogP contribution in [0.15, 0.2) is 47.4 Å². The van der Waals surface area contributed by atoms with E-state index >= 15 is 0 Å². The van der Waals surface area contributed by atoms with E-state index in [2.05, 4.69) is 20.3 Å². The minimum Gasteiger partial charge on any atom is -0.384 e. The molecule has 0 aliphatic heterocycles. The van der Waals surface area contributed by atoms with Crippen molar-refractivity contribution in [1.82, 2.24) is 19.3 Å². The van der Waals surface area contributed by atoms with Crippen LogP contribution in [0.2, 0.25) is 10.0 Å². The van der Waals surface area contributed by atoms with Gasteiger partial charge < -0.3 is 15.0 Å². The van der Waals surface area contributed by atoms with Gasteiger partial charge in [0.2, 0.25) is 0 Å². The van der Waals surface area contributed by atoms with Crippen LogP contribution in [0.4, 0.5) is 5.82 Å². The summed E-state index contributed by atoms with van der Waals surface area (Å²) >= 11 is 13.8. The highest BCUT2D eigenvalue weighted by atomic mass is 35.5. The van der Waals surface area contributed by atoms with E-state index in [-0.39, 0.29) is 0 Å². The van der Waals surface area contributed by atoms with Gasteiger partial charge in [-0.1, -0.05) is 47.5 Å². The smallest absolute Gasteiger partial charge is 0.152 e. The van der Waals surface area contributed by atoms with Gasteiger partial charge in [-0.05, 0) is 43.0 Å². The molecule has 0 spiro atoms. The van der Waals surface area contributed by atoms with Gasteiger partial charge >= 0.3 is 0 Å². The number of hydrogen-bond acceptors (Lipinski definition) is 6. The number of nitrogen functional groups attached to an aromatic ring is 1. The second kappa shape index (κ2) is 10.7.